The Bertz CT molecular complexity index is 291. The quantitative estimate of drug-likeness (QED) is 0.769. The number of piperidine rings is 1. The molecule has 1 heterocycles. The zero-order valence-corrected chi connectivity index (χ0v) is 13.8. The third kappa shape index (κ3) is 5.57. The highest BCUT2D eigenvalue weighted by Gasteiger charge is 2.21. The van der Waals surface area contributed by atoms with Crippen molar-refractivity contribution in [1.29, 1.82) is 0 Å². The van der Waals surface area contributed by atoms with Crippen LogP contribution in [0.5, 0.6) is 0 Å². The Morgan fingerprint density at radius 1 is 1.05 bits per heavy atom. The van der Waals surface area contributed by atoms with Gasteiger partial charge in [-0.1, -0.05) is 31.4 Å². The lowest BCUT2D eigenvalue weighted by Gasteiger charge is -2.33. The molecule has 0 bridgehead atoms. The van der Waals surface area contributed by atoms with Crippen LogP contribution in [-0.2, 0) is 0 Å². The molecule has 1 saturated carbocycles. The van der Waals surface area contributed by atoms with Gasteiger partial charge in [-0.2, -0.15) is 0 Å². The van der Waals surface area contributed by atoms with E-state index in [0.717, 1.165) is 24.4 Å². The summed E-state index contributed by atoms with van der Waals surface area (Å²) in [5.74, 6) is 1.93. The molecule has 1 aliphatic heterocycles. The topological polar surface area (TPSA) is 15.3 Å². The SMILES string of the molecule is CC(C)=CCN1CCC(NCC2CCC(C)CC2)CC1. The van der Waals surface area contributed by atoms with Gasteiger partial charge in [0.15, 0.2) is 0 Å². The van der Waals surface area contributed by atoms with Crippen molar-refractivity contribution in [3.05, 3.63) is 11.6 Å². The Morgan fingerprint density at radius 3 is 2.30 bits per heavy atom. The fourth-order valence-corrected chi connectivity index (χ4v) is 3.50. The van der Waals surface area contributed by atoms with Crippen molar-refractivity contribution in [2.24, 2.45) is 11.8 Å². The van der Waals surface area contributed by atoms with Gasteiger partial charge in [0.05, 0.1) is 0 Å². The van der Waals surface area contributed by atoms with Crippen LogP contribution in [0.3, 0.4) is 0 Å². The summed E-state index contributed by atoms with van der Waals surface area (Å²) in [5.41, 5.74) is 1.44. The second kappa shape index (κ2) is 8.19. The fraction of sp³-hybridized carbons (Fsp3) is 0.889. The maximum absolute atomic E-state index is 3.85. The minimum Gasteiger partial charge on any atom is -0.314 e. The molecule has 1 saturated heterocycles. The predicted molar refractivity (Wildman–Crippen MR) is 88.0 cm³/mol. The summed E-state index contributed by atoms with van der Waals surface area (Å²) in [6, 6.07) is 0.775. The van der Waals surface area contributed by atoms with Crippen LogP contribution < -0.4 is 5.32 Å². The molecule has 0 aromatic carbocycles. The summed E-state index contributed by atoms with van der Waals surface area (Å²) in [4.78, 5) is 2.59. The smallest absolute Gasteiger partial charge is 0.0165 e. The number of allylic oxidation sites excluding steroid dienone is 1. The highest BCUT2D eigenvalue weighted by Crippen LogP contribution is 2.28. The molecule has 1 N–H and O–H groups in total. The lowest BCUT2D eigenvalue weighted by molar-refractivity contribution is 0.202. The number of nitrogens with one attached hydrogen (secondary N) is 1. The van der Waals surface area contributed by atoms with Gasteiger partial charge in [-0.15, -0.1) is 0 Å². The summed E-state index contributed by atoms with van der Waals surface area (Å²) in [5, 5.41) is 3.85. The van der Waals surface area contributed by atoms with Crippen LogP contribution in [0, 0.1) is 11.8 Å². The number of hydrogen-bond acceptors (Lipinski definition) is 2. The first-order valence-corrected chi connectivity index (χ1v) is 8.72. The van der Waals surface area contributed by atoms with Gasteiger partial charge in [-0.05, 0) is 71.0 Å². The van der Waals surface area contributed by atoms with E-state index in [2.05, 4.69) is 37.1 Å². The van der Waals surface area contributed by atoms with Crippen LogP contribution in [0.15, 0.2) is 11.6 Å². The van der Waals surface area contributed by atoms with Crippen LogP contribution in [0.1, 0.15) is 59.3 Å². The van der Waals surface area contributed by atoms with Crippen LogP contribution in [0.25, 0.3) is 0 Å². The zero-order chi connectivity index (χ0) is 14.4. The normalized spacial score (nSPS) is 29.4. The maximum atomic E-state index is 3.85. The van der Waals surface area contributed by atoms with Crippen molar-refractivity contribution in [1.82, 2.24) is 10.2 Å². The summed E-state index contributed by atoms with van der Waals surface area (Å²) in [6.45, 7) is 11.7. The molecule has 0 amide bonds. The maximum Gasteiger partial charge on any atom is 0.0165 e. The Balaban J connectivity index is 1.59. The number of nitrogens with zero attached hydrogens (tertiary/aromatic N) is 1. The van der Waals surface area contributed by atoms with E-state index < -0.39 is 0 Å². The Labute approximate surface area is 126 Å². The Kier molecular flexibility index (Phi) is 6.57. The average Bonchev–Trinajstić information content (AvgIpc) is 2.45. The molecule has 0 atom stereocenters. The van der Waals surface area contributed by atoms with Gasteiger partial charge in [0.2, 0.25) is 0 Å². The molecule has 2 heteroatoms. The van der Waals surface area contributed by atoms with Gasteiger partial charge >= 0.3 is 0 Å². The van der Waals surface area contributed by atoms with Crippen LogP contribution in [0.2, 0.25) is 0 Å². The number of likely N-dealkylation sites (tertiary alicyclic amines) is 1. The van der Waals surface area contributed by atoms with E-state index in [0.29, 0.717) is 0 Å². The van der Waals surface area contributed by atoms with Crippen molar-refractivity contribution in [3.8, 4) is 0 Å². The molecule has 1 aliphatic carbocycles. The van der Waals surface area contributed by atoms with Crippen molar-refractivity contribution < 1.29 is 0 Å². The predicted octanol–water partition coefficient (Wildman–Crippen LogP) is 3.83. The molecule has 0 aromatic rings. The third-order valence-electron chi connectivity index (χ3n) is 5.18. The average molecular weight is 278 g/mol. The van der Waals surface area contributed by atoms with Crippen molar-refractivity contribution in [3.63, 3.8) is 0 Å². The molecule has 2 fully saturated rings. The number of rotatable bonds is 5. The summed E-state index contributed by atoms with van der Waals surface area (Å²) in [6.07, 6.45) is 10.8. The zero-order valence-electron chi connectivity index (χ0n) is 13.8. The standard InChI is InChI=1S/C18H34N2/c1-15(2)8-11-20-12-9-18(10-13-20)19-14-17-6-4-16(3)5-7-17/h8,16-19H,4-7,9-14H2,1-3H3. The minimum absolute atomic E-state index is 0.775. The van der Waals surface area contributed by atoms with E-state index in [1.54, 1.807) is 0 Å². The number of hydrogen-bond donors (Lipinski definition) is 1. The molecule has 2 nitrogen and oxygen atoms in total. The van der Waals surface area contributed by atoms with Crippen molar-refractivity contribution >= 4 is 0 Å². The van der Waals surface area contributed by atoms with E-state index in [1.807, 2.05) is 0 Å². The molecule has 2 aliphatic rings. The van der Waals surface area contributed by atoms with Gasteiger partial charge in [0.1, 0.15) is 0 Å². The molecular weight excluding hydrogens is 244 g/mol. The third-order valence-corrected chi connectivity index (χ3v) is 5.18. The van der Waals surface area contributed by atoms with E-state index in [4.69, 9.17) is 0 Å². The molecule has 0 aromatic heterocycles. The molecule has 0 unspecified atom stereocenters. The van der Waals surface area contributed by atoms with Gasteiger partial charge in [-0.25, -0.2) is 0 Å². The van der Waals surface area contributed by atoms with E-state index in [-0.39, 0.29) is 0 Å². The van der Waals surface area contributed by atoms with Gasteiger partial charge in [0.25, 0.3) is 0 Å². The molecule has 0 spiro atoms. The molecule has 0 radical (unpaired) electrons. The van der Waals surface area contributed by atoms with Crippen molar-refractivity contribution in [2.75, 3.05) is 26.2 Å². The van der Waals surface area contributed by atoms with Gasteiger partial charge < -0.3 is 5.32 Å². The second-order valence-electron chi connectivity index (χ2n) is 7.39. The molecule has 2 rings (SSSR count). The van der Waals surface area contributed by atoms with Gasteiger partial charge in [0, 0.05) is 12.6 Å². The molecule has 116 valence electrons. The lowest BCUT2D eigenvalue weighted by Crippen LogP contribution is -2.44. The minimum atomic E-state index is 0.775. The van der Waals surface area contributed by atoms with Gasteiger partial charge in [-0.3, -0.25) is 4.90 Å². The van der Waals surface area contributed by atoms with Crippen molar-refractivity contribution in [2.45, 2.75) is 65.3 Å². The summed E-state index contributed by atoms with van der Waals surface area (Å²) < 4.78 is 0. The second-order valence-corrected chi connectivity index (χ2v) is 7.39. The largest absolute Gasteiger partial charge is 0.314 e. The van der Waals surface area contributed by atoms with E-state index in [9.17, 15) is 0 Å². The van der Waals surface area contributed by atoms with Crippen LogP contribution >= 0.6 is 0 Å². The fourth-order valence-electron chi connectivity index (χ4n) is 3.50. The van der Waals surface area contributed by atoms with Crippen LogP contribution in [0.4, 0.5) is 0 Å². The monoisotopic (exact) mass is 278 g/mol. The first-order chi connectivity index (χ1) is 9.63. The molecular formula is C18H34N2. The molecule has 20 heavy (non-hydrogen) atoms. The highest BCUT2D eigenvalue weighted by atomic mass is 15.1. The summed E-state index contributed by atoms with van der Waals surface area (Å²) in [7, 11) is 0. The first-order valence-electron chi connectivity index (χ1n) is 8.72. The lowest BCUT2D eigenvalue weighted by atomic mass is 9.83. The first kappa shape index (κ1) is 16.0. The van der Waals surface area contributed by atoms with Crippen LogP contribution in [-0.4, -0.2) is 37.1 Å². The Hall–Kier alpha value is -0.340. The highest BCUT2D eigenvalue weighted by molar-refractivity contribution is 4.95. The van der Waals surface area contributed by atoms with E-state index >= 15 is 0 Å². The van der Waals surface area contributed by atoms with E-state index in [1.165, 1.54) is 63.7 Å². The Morgan fingerprint density at radius 2 is 1.70 bits per heavy atom. The summed E-state index contributed by atoms with van der Waals surface area (Å²) >= 11 is 0.